The minimum atomic E-state index is -0.907. The number of nitrogens with zero attached hydrogens (tertiary/aromatic N) is 1. The van der Waals surface area contributed by atoms with Crippen LogP contribution in [0.2, 0.25) is 0 Å². The maximum atomic E-state index is 12.1. The Kier molecular flexibility index (Phi) is 7.75. The highest BCUT2D eigenvalue weighted by Gasteiger charge is 2.24. The molecule has 0 aliphatic rings. The molecule has 0 aliphatic heterocycles. The molecule has 8 heteroatoms. The normalized spacial score (nSPS) is 13.1. The van der Waals surface area contributed by atoms with Gasteiger partial charge in [-0.05, 0) is 11.5 Å². The summed E-state index contributed by atoms with van der Waals surface area (Å²) in [7, 11) is 1.28. The van der Waals surface area contributed by atoms with Gasteiger partial charge in [0.2, 0.25) is 0 Å². The summed E-state index contributed by atoms with van der Waals surface area (Å²) in [5.74, 6) is -0.475. The lowest BCUT2D eigenvalue weighted by atomic mass is 9.98. The largest absolute Gasteiger partial charge is 0.464 e. The van der Waals surface area contributed by atoms with Crippen LogP contribution in [0.1, 0.15) is 47.4 Å². The summed E-state index contributed by atoms with van der Waals surface area (Å²) < 4.78 is 9.85. The first-order chi connectivity index (χ1) is 12.9. The molecule has 0 unspecified atom stereocenters. The molecule has 1 aromatic heterocycles. The summed E-state index contributed by atoms with van der Waals surface area (Å²) in [6.45, 7) is 4.06. The Morgan fingerprint density at radius 2 is 1.96 bits per heavy atom. The maximum Gasteiger partial charge on any atom is 0.407 e. The summed E-state index contributed by atoms with van der Waals surface area (Å²) in [4.78, 5) is 27.7. The van der Waals surface area contributed by atoms with E-state index in [4.69, 9.17) is 4.74 Å². The summed E-state index contributed by atoms with van der Waals surface area (Å²) >= 11 is 1.18. The van der Waals surface area contributed by atoms with Gasteiger partial charge >= 0.3 is 12.1 Å². The molecule has 0 aliphatic carbocycles. The Balaban J connectivity index is 1.91. The van der Waals surface area contributed by atoms with Gasteiger partial charge in [-0.15, -0.1) is 11.3 Å². The molecule has 2 N–H and O–H groups in total. The van der Waals surface area contributed by atoms with E-state index < -0.39 is 18.2 Å². The van der Waals surface area contributed by atoms with Crippen LogP contribution in [0.5, 0.6) is 0 Å². The molecule has 0 saturated carbocycles. The predicted octanol–water partition coefficient (Wildman–Crippen LogP) is 3.30. The number of aliphatic hydroxyl groups is 1. The van der Waals surface area contributed by atoms with Crippen molar-refractivity contribution in [2.45, 2.75) is 39.0 Å². The topological polar surface area (TPSA) is 97.8 Å². The first-order valence-electron chi connectivity index (χ1n) is 8.59. The fourth-order valence-corrected chi connectivity index (χ4v) is 3.18. The lowest BCUT2D eigenvalue weighted by molar-refractivity contribution is 0.0594. The van der Waals surface area contributed by atoms with Crippen LogP contribution in [-0.2, 0) is 16.1 Å². The second kappa shape index (κ2) is 10.0. The van der Waals surface area contributed by atoms with E-state index in [2.05, 4.69) is 15.0 Å². The number of ether oxygens (including phenoxy) is 2. The van der Waals surface area contributed by atoms with Crippen molar-refractivity contribution in [2.24, 2.45) is 5.92 Å². The van der Waals surface area contributed by atoms with E-state index >= 15 is 0 Å². The highest BCUT2D eigenvalue weighted by molar-refractivity contribution is 7.09. The number of rotatable bonds is 8. The lowest BCUT2D eigenvalue weighted by Crippen LogP contribution is -2.39. The molecular formula is C19H24N2O5S. The van der Waals surface area contributed by atoms with Crippen LogP contribution in [0.25, 0.3) is 0 Å². The van der Waals surface area contributed by atoms with E-state index in [9.17, 15) is 14.7 Å². The molecule has 1 heterocycles. The average Bonchev–Trinajstić information content (AvgIpc) is 3.16. The van der Waals surface area contributed by atoms with Crippen molar-refractivity contribution in [1.82, 2.24) is 10.3 Å². The fourth-order valence-electron chi connectivity index (χ4n) is 2.39. The van der Waals surface area contributed by atoms with Gasteiger partial charge in [-0.25, -0.2) is 14.6 Å². The molecule has 0 bridgehead atoms. The smallest absolute Gasteiger partial charge is 0.407 e. The highest BCUT2D eigenvalue weighted by atomic mass is 32.1. The van der Waals surface area contributed by atoms with Crippen LogP contribution >= 0.6 is 11.3 Å². The number of aliphatic hydroxyl groups excluding tert-OH is 1. The molecule has 0 spiro atoms. The van der Waals surface area contributed by atoms with Gasteiger partial charge < -0.3 is 19.9 Å². The number of methoxy groups -OCH3 is 1. The number of hydrogen-bond acceptors (Lipinski definition) is 7. The van der Waals surface area contributed by atoms with Crippen LogP contribution in [-0.4, -0.2) is 35.3 Å². The Labute approximate surface area is 162 Å². The van der Waals surface area contributed by atoms with E-state index in [1.165, 1.54) is 23.8 Å². The van der Waals surface area contributed by atoms with Crippen LogP contribution in [0, 0.1) is 5.92 Å². The number of carbonyl (C=O) groups excluding carboxylic acids is 2. The number of amides is 1. The summed E-state index contributed by atoms with van der Waals surface area (Å²) in [5.41, 5.74) is 1.06. The third kappa shape index (κ3) is 6.33. The molecule has 2 atom stereocenters. The number of hydrogen-bond donors (Lipinski definition) is 2. The summed E-state index contributed by atoms with van der Waals surface area (Å²) in [6, 6.07) is 9.08. The quantitative estimate of drug-likeness (QED) is 0.669. The van der Waals surface area contributed by atoms with Gasteiger partial charge in [0.05, 0.1) is 7.11 Å². The number of carbonyl (C=O) groups is 2. The highest BCUT2D eigenvalue weighted by Crippen LogP contribution is 2.25. The fraction of sp³-hybridized carbons (Fsp3) is 0.421. The minimum absolute atomic E-state index is 0.0731. The van der Waals surface area contributed by atoms with Crippen molar-refractivity contribution in [2.75, 3.05) is 7.11 Å². The number of esters is 1. The van der Waals surface area contributed by atoms with Crippen molar-refractivity contribution in [3.8, 4) is 0 Å². The zero-order valence-electron chi connectivity index (χ0n) is 15.5. The SMILES string of the molecule is COC(=O)c1csc([C@H](O)C[C@@H](NC(=O)OCc2ccccc2)C(C)C)n1. The van der Waals surface area contributed by atoms with E-state index in [0.717, 1.165) is 5.56 Å². The Hall–Kier alpha value is -2.45. The molecule has 1 amide bonds. The zero-order chi connectivity index (χ0) is 19.8. The van der Waals surface area contributed by atoms with Gasteiger partial charge in [0, 0.05) is 17.8 Å². The molecule has 0 fully saturated rings. The third-order valence-corrected chi connectivity index (χ3v) is 4.95. The standard InChI is InChI=1S/C19H24N2O5S/c1-12(2)14(21-19(24)26-10-13-7-5-4-6-8-13)9-16(22)17-20-15(11-27-17)18(23)25-3/h4-8,11-12,14,16,22H,9-10H2,1-3H3,(H,21,24)/t14-,16-/m1/s1. The molecule has 1 aromatic carbocycles. The number of benzene rings is 1. The van der Waals surface area contributed by atoms with Crippen molar-refractivity contribution >= 4 is 23.4 Å². The first-order valence-corrected chi connectivity index (χ1v) is 9.47. The van der Waals surface area contributed by atoms with Crippen molar-refractivity contribution < 1.29 is 24.2 Å². The van der Waals surface area contributed by atoms with Gasteiger partial charge in [-0.1, -0.05) is 44.2 Å². The maximum absolute atomic E-state index is 12.1. The van der Waals surface area contributed by atoms with Crippen LogP contribution in [0.3, 0.4) is 0 Å². The van der Waals surface area contributed by atoms with Crippen molar-refractivity contribution in [1.29, 1.82) is 0 Å². The van der Waals surface area contributed by atoms with Crippen molar-refractivity contribution in [3.63, 3.8) is 0 Å². The zero-order valence-corrected chi connectivity index (χ0v) is 16.4. The molecular weight excluding hydrogens is 368 g/mol. The second-order valence-electron chi connectivity index (χ2n) is 6.37. The van der Waals surface area contributed by atoms with Gasteiger partial charge in [0.15, 0.2) is 5.69 Å². The van der Waals surface area contributed by atoms with Crippen LogP contribution < -0.4 is 5.32 Å². The van der Waals surface area contributed by atoms with Gasteiger partial charge in [-0.3, -0.25) is 0 Å². The number of nitrogens with one attached hydrogen (secondary N) is 1. The number of aromatic nitrogens is 1. The van der Waals surface area contributed by atoms with E-state index in [1.807, 2.05) is 44.2 Å². The molecule has 146 valence electrons. The molecule has 2 rings (SSSR count). The first kappa shape index (κ1) is 20.9. The van der Waals surface area contributed by atoms with Crippen molar-refractivity contribution in [3.05, 3.63) is 52.0 Å². The number of alkyl carbamates (subject to hydrolysis) is 1. The lowest BCUT2D eigenvalue weighted by Gasteiger charge is -2.24. The van der Waals surface area contributed by atoms with E-state index in [0.29, 0.717) is 5.01 Å². The van der Waals surface area contributed by atoms with E-state index in [-0.39, 0.29) is 30.7 Å². The van der Waals surface area contributed by atoms with Gasteiger partial charge in [0.25, 0.3) is 0 Å². The Bertz CT molecular complexity index is 748. The van der Waals surface area contributed by atoms with Gasteiger partial charge in [-0.2, -0.15) is 0 Å². The molecule has 0 radical (unpaired) electrons. The van der Waals surface area contributed by atoms with Gasteiger partial charge in [0.1, 0.15) is 17.7 Å². The Morgan fingerprint density at radius 1 is 1.26 bits per heavy atom. The molecule has 0 saturated heterocycles. The molecule has 27 heavy (non-hydrogen) atoms. The second-order valence-corrected chi connectivity index (χ2v) is 7.26. The average molecular weight is 392 g/mol. The van der Waals surface area contributed by atoms with Crippen LogP contribution in [0.15, 0.2) is 35.7 Å². The van der Waals surface area contributed by atoms with Crippen LogP contribution in [0.4, 0.5) is 4.79 Å². The molecule has 2 aromatic rings. The summed E-state index contributed by atoms with van der Waals surface area (Å²) in [5, 5.41) is 15.2. The predicted molar refractivity (Wildman–Crippen MR) is 101 cm³/mol. The number of thiazole rings is 1. The van der Waals surface area contributed by atoms with E-state index in [1.54, 1.807) is 0 Å². The third-order valence-electron chi connectivity index (χ3n) is 4.00. The molecule has 7 nitrogen and oxygen atoms in total. The minimum Gasteiger partial charge on any atom is -0.464 e. The Morgan fingerprint density at radius 3 is 2.59 bits per heavy atom. The monoisotopic (exact) mass is 392 g/mol. The summed E-state index contributed by atoms with van der Waals surface area (Å²) in [6.07, 6.45) is -1.19.